The molecule has 32 heavy (non-hydrogen) atoms. The van der Waals surface area contributed by atoms with Gasteiger partial charge in [0, 0.05) is 33.2 Å². The molecule has 1 saturated heterocycles. The normalized spacial score (nSPS) is 17.8. The van der Waals surface area contributed by atoms with Crippen molar-refractivity contribution < 1.29 is 13.2 Å². The lowest BCUT2D eigenvalue weighted by Gasteiger charge is -2.29. The van der Waals surface area contributed by atoms with E-state index in [2.05, 4.69) is 31.9 Å². The van der Waals surface area contributed by atoms with Crippen molar-refractivity contribution in [3.8, 4) is 0 Å². The summed E-state index contributed by atoms with van der Waals surface area (Å²) in [5, 5.41) is 0. The van der Waals surface area contributed by atoms with E-state index in [-0.39, 0.29) is 23.8 Å². The number of piperidine rings is 1. The first-order valence-electron chi connectivity index (χ1n) is 9.85. The van der Waals surface area contributed by atoms with Crippen LogP contribution in [0.2, 0.25) is 0 Å². The van der Waals surface area contributed by atoms with Crippen LogP contribution in [0.15, 0.2) is 104 Å². The summed E-state index contributed by atoms with van der Waals surface area (Å²) in [4.78, 5) is 13.5. The Morgan fingerprint density at radius 2 is 1.12 bits per heavy atom. The molecule has 0 spiro atoms. The lowest BCUT2D eigenvalue weighted by atomic mass is 9.95. The Morgan fingerprint density at radius 1 is 0.688 bits per heavy atom. The van der Waals surface area contributed by atoms with Crippen molar-refractivity contribution in [1.82, 2.24) is 4.31 Å². The third kappa shape index (κ3) is 5.18. The average Bonchev–Trinajstić information content (AvgIpc) is 2.80. The Morgan fingerprint density at radius 3 is 1.56 bits per heavy atom. The molecule has 0 radical (unpaired) electrons. The summed E-state index contributed by atoms with van der Waals surface area (Å²) in [7, 11) is -3.76. The molecule has 4 nitrogen and oxygen atoms in total. The van der Waals surface area contributed by atoms with Gasteiger partial charge in [-0.15, -0.1) is 0 Å². The van der Waals surface area contributed by atoms with Gasteiger partial charge in [0.25, 0.3) is 0 Å². The molecule has 162 valence electrons. The zero-order chi connectivity index (χ0) is 22.7. The van der Waals surface area contributed by atoms with E-state index in [1.807, 2.05) is 48.5 Å². The largest absolute Gasteiger partial charge is 0.289 e. The molecule has 1 heterocycles. The van der Waals surface area contributed by atoms with Crippen LogP contribution in [0.25, 0.3) is 12.2 Å². The van der Waals surface area contributed by atoms with E-state index in [0.29, 0.717) is 11.1 Å². The summed E-state index contributed by atoms with van der Waals surface area (Å²) in [6, 6.07) is 23.4. The zero-order valence-corrected chi connectivity index (χ0v) is 20.9. The first-order valence-corrected chi connectivity index (χ1v) is 12.9. The molecule has 3 aromatic rings. The minimum absolute atomic E-state index is 0.0177. The van der Waals surface area contributed by atoms with Crippen LogP contribution < -0.4 is 0 Å². The fourth-order valence-electron chi connectivity index (χ4n) is 3.44. The zero-order valence-electron chi connectivity index (χ0n) is 16.9. The van der Waals surface area contributed by atoms with Crippen LogP contribution in [0.5, 0.6) is 0 Å². The number of nitrogens with zero attached hydrogens (tertiary/aromatic N) is 1. The highest BCUT2D eigenvalue weighted by Gasteiger charge is 2.34. The van der Waals surface area contributed by atoms with Crippen molar-refractivity contribution in [2.75, 3.05) is 13.1 Å². The summed E-state index contributed by atoms with van der Waals surface area (Å²) >= 11 is 6.82. The number of carbonyl (C=O) groups is 1. The fraction of sp³-hybridized carbons (Fsp3) is 0.0800. The molecule has 0 atom stereocenters. The van der Waals surface area contributed by atoms with E-state index in [0.717, 1.165) is 20.1 Å². The average molecular weight is 573 g/mol. The lowest BCUT2D eigenvalue weighted by molar-refractivity contribution is -0.113. The summed E-state index contributed by atoms with van der Waals surface area (Å²) in [5.74, 6) is -0.143. The maximum Gasteiger partial charge on any atom is 0.243 e. The van der Waals surface area contributed by atoms with Crippen molar-refractivity contribution in [2.45, 2.75) is 4.90 Å². The molecule has 1 aliphatic heterocycles. The van der Waals surface area contributed by atoms with Crippen molar-refractivity contribution in [3.63, 3.8) is 0 Å². The van der Waals surface area contributed by atoms with E-state index in [9.17, 15) is 13.2 Å². The van der Waals surface area contributed by atoms with Crippen molar-refractivity contribution in [2.24, 2.45) is 0 Å². The van der Waals surface area contributed by atoms with Gasteiger partial charge < -0.3 is 0 Å². The van der Waals surface area contributed by atoms with Crippen molar-refractivity contribution in [3.05, 3.63) is 110 Å². The topological polar surface area (TPSA) is 54.5 Å². The minimum Gasteiger partial charge on any atom is -0.289 e. The van der Waals surface area contributed by atoms with Gasteiger partial charge in [0.05, 0.1) is 4.90 Å². The molecular weight excluding hydrogens is 554 g/mol. The number of hydrogen-bond acceptors (Lipinski definition) is 3. The Kier molecular flexibility index (Phi) is 6.90. The van der Waals surface area contributed by atoms with Crippen molar-refractivity contribution >= 4 is 59.8 Å². The molecule has 3 aromatic carbocycles. The molecule has 1 fully saturated rings. The van der Waals surface area contributed by atoms with Crippen LogP contribution in [0, 0.1) is 0 Å². The van der Waals surface area contributed by atoms with E-state index in [4.69, 9.17) is 0 Å². The van der Waals surface area contributed by atoms with Gasteiger partial charge in [-0.3, -0.25) is 4.79 Å². The fourth-order valence-corrected chi connectivity index (χ4v) is 5.39. The van der Waals surface area contributed by atoms with Gasteiger partial charge in [-0.1, -0.05) is 74.3 Å². The third-order valence-electron chi connectivity index (χ3n) is 5.08. The molecule has 0 unspecified atom stereocenters. The van der Waals surface area contributed by atoms with Crippen LogP contribution in [0.4, 0.5) is 0 Å². The molecule has 0 bridgehead atoms. The molecule has 7 heteroatoms. The molecule has 4 rings (SSSR count). The van der Waals surface area contributed by atoms with Gasteiger partial charge in [-0.25, -0.2) is 8.42 Å². The predicted molar refractivity (Wildman–Crippen MR) is 134 cm³/mol. The highest BCUT2D eigenvalue weighted by Crippen LogP contribution is 2.27. The maximum absolute atomic E-state index is 13.3. The monoisotopic (exact) mass is 571 g/mol. The number of hydrogen-bond donors (Lipinski definition) is 0. The molecule has 0 amide bonds. The second-order valence-corrected chi connectivity index (χ2v) is 11.1. The minimum atomic E-state index is -3.76. The molecule has 0 N–H and O–H groups in total. The number of rotatable bonds is 4. The second-order valence-electron chi connectivity index (χ2n) is 7.36. The highest BCUT2D eigenvalue weighted by molar-refractivity contribution is 9.10. The summed E-state index contributed by atoms with van der Waals surface area (Å²) in [5.41, 5.74) is 2.53. The summed E-state index contributed by atoms with van der Waals surface area (Å²) in [6.07, 6.45) is 3.52. The van der Waals surface area contributed by atoms with Gasteiger partial charge in [-0.2, -0.15) is 4.31 Å². The molecule has 0 aliphatic carbocycles. The van der Waals surface area contributed by atoms with E-state index in [1.165, 1.54) is 4.31 Å². The Balaban J connectivity index is 1.77. The third-order valence-corrected chi connectivity index (χ3v) is 7.94. The molecule has 1 aliphatic rings. The van der Waals surface area contributed by atoms with Gasteiger partial charge in [0.1, 0.15) is 0 Å². The van der Waals surface area contributed by atoms with Crippen LogP contribution in [0.1, 0.15) is 11.1 Å². The second kappa shape index (κ2) is 9.67. The highest BCUT2D eigenvalue weighted by atomic mass is 79.9. The van der Waals surface area contributed by atoms with Gasteiger partial charge in [0.2, 0.25) is 10.0 Å². The van der Waals surface area contributed by atoms with E-state index in [1.54, 1.807) is 42.5 Å². The van der Waals surface area contributed by atoms with Gasteiger partial charge in [0.15, 0.2) is 5.78 Å². The first-order chi connectivity index (χ1) is 15.3. The van der Waals surface area contributed by atoms with Gasteiger partial charge in [-0.05, 0) is 59.7 Å². The van der Waals surface area contributed by atoms with Crippen LogP contribution in [-0.2, 0) is 14.8 Å². The number of Topliss-reactive ketones (excluding diaryl/α,β-unsaturated/α-hetero) is 1. The maximum atomic E-state index is 13.3. The predicted octanol–water partition coefficient (Wildman–Crippen LogP) is 5.95. The van der Waals surface area contributed by atoms with E-state index >= 15 is 0 Å². The number of halogens is 2. The summed E-state index contributed by atoms with van der Waals surface area (Å²) < 4.78 is 29.9. The van der Waals surface area contributed by atoms with Crippen LogP contribution >= 0.6 is 31.9 Å². The Bertz CT molecular complexity index is 1230. The quantitative estimate of drug-likeness (QED) is 0.363. The summed E-state index contributed by atoms with van der Waals surface area (Å²) in [6.45, 7) is 0.0353. The Hall–Kier alpha value is -2.32. The smallest absolute Gasteiger partial charge is 0.243 e. The van der Waals surface area contributed by atoms with Crippen molar-refractivity contribution in [1.29, 1.82) is 0 Å². The SMILES string of the molecule is O=C1/C(=C\c2ccc(Br)cc2)CN(S(=O)(=O)c2ccccc2)C/C1=C\c1ccc(Br)cc1. The molecule has 0 saturated carbocycles. The molecule has 0 aromatic heterocycles. The van der Waals surface area contributed by atoms with E-state index < -0.39 is 10.0 Å². The lowest BCUT2D eigenvalue weighted by Crippen LogP contribution is -2.41. The van der Waals surface area contributed by atoms with Gasteiger partial charge >= 0.3 is 0 Å². The van der Waals surface area contributed by atoms with Crippen LogP contribution in [-0.4, -0.2) is 31.6 Å². The Labute approximate surface area is 204 Å². The number of carbonyl (C=O) groups excluding carboxylic acids is 1. The number of ketones is 1. The number of benzene rings is 3. The first kappa shape index (κ1) is 22.9. The molecular formula is C25H19Br2NO3S. The number of sulfonamides is 1. The standard InChI is InChI=1S/C25H19Br2NO3S/c26-22-10-6-18(7-11-22)14-20-16-28(32(30,31)24-4-2-1-3-5-24)17-21(25(20)29)15-19-8-12-23(27)13-9-19/h1-15H,16-17H2/b20-14-,21-15+. The van der Waals surface area contributed by atoms with Crippen LogP contribution in [0.3, 0.4) is 0 Å².